The Kier molecular flexibility index (Phi) is 49.8. The lowest BCUT2D eigenvalue weighted by atomic mass is 10.0. The monoisotopic (exact) mass is 883 g/mol. The van der Waals surface area contributed by atoms with E-state index in [2.05, 4.69) is 69.4 Å². The Morgan fingerprint density at radius 2 is 0.651 bits per heavy atom. The molecule has 0 saturated carbocycles. The van der Waals surface area contributed by atoms with E-state index in [1.54, 1.807) is 0 Å². The molecule has 366 valence electrons. The lowest BCUT2D eigenvalue weighted by Gasteiger charge is -2.18. The van der Waals surface area contributed by atoms with Crippen molar-refractivity contribution in [3.8, 4) is 0 Å². The first kappa shape index (κ1) is 60.4. The Bertz CT molecular complexity index is 1110. The van der Waals surface area contributed by atoms with Gasteiger partial charge >= 0.3 is 17.9 Å². The molecule has 0 spiro atoms. The molecular formula is C57H102O6. The number of unbranched alkanes of at least 4 members (excludes halogenated alkanes) is 30. The quantitative estimate of drug-likeness (QED) is 0.0262. The first-order valence-corrected chi connectivity index (χ1v) is 27.1. The van der Waals surface area contributed by atoms with Crippen LogP contribution in [0.1, 0.15) is 278 Å². The van der Waals surface area contributed by atoms with Gasteiger partial charge in [-0.05, 0) is 70.6 Å². The van der Waals surface area contributed by atoms with Crippen LogP contribution in [0, 0.1) is 0 Å². The van der Waals surface area contributed by atoms with Gasteiger partial charge in [-0.1, -0.05) is 236 Å². The number of allylic oxidation sites excluding steroid dienone is 8. The van der Waals surface area contributed by atoms with Crippen LogP contribution in [0.25, 0.3) is 0 Å². The third-order valence-electron chi connectivity index (χ3n) is 11.8. The minimum absolute atomic E-state index is 0.0853. The standard InChI is InChI=1S/C57H102O6/c1-4-7-10-13-16-19-22-24-25-26-27-28-29-30-31-32-34-35-38-41-44-47-50-56(59)62-53-54(52-61-55(58)49-46-43-40-37-21-18-15-12-9-6-3)63-57(60)51-48-45-42-39-36-33-23-20-17-14-11-8-5-2/h8,11-12,15,17,20,33,36,54H,4-7,9-10,13-14,16,18-19,21-32,34-35,37-53H2,1-3H3/b11-8-,15-12-,20-17-,36-33-. The van der Waals surface area contributed by atoms with E-state index in [-0.39, 0.29) is 31.1 Å². The molecule has 0 N–H and O–H groups in total. The molecule has 0 aromatic rings. The summed E-state index contributed by atoms with van der Waals surface area (Å²) in [6.45, 7) is 6.45. The fraction of sp³-hybridized carbons (Fsp3) is 0.807. The van der Waals surface area contributed by atoms with Crippen molar-refractivity contribution in [2.75, 3.05) is 13.2 Å². The second-order valence-electron chi connectivity index (χ2n) is 18.1. The predicted molar refractivity (Wildman–Crippen MR) is 270 cm³/mol. The zero-order chi connectivity index (χ0) is 45.8. The van der Waals surface area contributed by atoms with Gasteiger partial charge in [-0.15, -0.1) is 0 Å². The average Bonchev–Trinajstić information content (AvgIpc) is 3.28. The molecule has 6 nitrogen and oxygen atoms in total. The summed E-state index contributed by atoms with van der Waals surface area (Å²) < 4.78 is 16.8. The minimum Gasteiger partial charge on any atom is -0.462 e. The van der Waals surface area contributed by atoms with E-state index in [1.165, 1.54) is 141 Å². The summed E-state index contributed by atoms with van der Waals surface area (Å²) in [6, 6.07) is 0. The molecule has 0 aromatic carbocycles. The third-order valence-corrected chi connectivity index (χ3v) is 11.8. The highest BCUT2D eigenvalue weighted by Crippen LogP contribution is 2.16. The van der Waals surface area contributed by atoms with Crippen molar-refractivity contribution < 1.29 is 28.6 Å². The molecule has 0 aliphatic heterocycles. The summed E-state index contributed by atoms with van der Waals surface area (Å²) in [7, 11) is 0. The number of ether oxygens (including phenoxy) is 3. The van der Waals surface area contributed by atoms with Crippen LogP contribution < -0.4 is 0 Å². The fourth-order valence-corrected chi connectivity index (χ4v) is 7.75. The van der Waals surface area contributed by atoms with Crippen molar-refractivity contribution in [3.63, 3.8) is 0 Å². The van der Waals surface area contributed by atoms with E-state index in [0.29, 0.717) is 19.3 Å². The van der Waals surface area contributed by atoms with Gasteiger partial charge in [0.05, 0.1) is 0 Å². The second kappa shape index (κ2) is 52.0. The first-order valence-electron chi connectivity index (χ1n) is 27.1. The molecule has 0 amide bonds. The molecule has 1 atom stereocenters. The van der Waals surface area contributed by atoms with Crippen molar-refractivity contribution in [3.05, 3.63) is 48.6 Å². The molecule has 63 heavy (non-hydrogen) atoms. The highest BCUT2D eigenvalue weighted by Gasteiger charge is 2.19. The van der Waals surface area contributed by atoms with Gasteiger partial charge in [-0.25, -0.2) is 0 Å². The summed E-state index contributed by atoms with van der Waals surface area (Å²) in [5.74, 6) is -0.918. The maximum atomic E-state index is 12.8. The number of carbonyl (C=O) groups excluding carboxylic acids is 3. The molecule has 0 bridgehead atoms. The third kappa shape index (κ3) is 50.2. The maximum absolute atomic E-state index is 12.8. The van der Waals surface area contributed by atoms with Crippen LogP contribution in [0.2, 0.25) is 0 Å². The highest BCUT2D eigenvalue weighted by molar-refractivity contribution is 5.71. The first-order chi connectivity index (χ1) is 31.0. The molecule has 0 fully saturated rings. The average molecular weight is 883 g/mol. The summed E-state index contributed by atoms with van der Waals surface area (Å²) >= 11 is 0. The normalized spacial score (nSPS) is 12.4. The van der Waals surface area contributed by atoms with Gasteiger partial charge in [0, 0.05) is 19.3 Å². The number of rotatable bonds is 49. The van der Waals surface area contributed by atoms with Crippen molar-refractivity contribution in [1.82, 2.24) is 0 Å². The Balaban J connectivity index is 4.24. The van der Waals surface area contributed by atoms with Crippen molar-refractivity contribution in [2.24, 2.45) is 0 Å². The summed E-state index contributed by atoms with van der Waals surface area (Å²) in [4.78, 5) is 37.9. The molecule has 0 aromatic heterocycles. The lowest BCUT2D eigenvalue weighted by molar-refractivity contribution is -0.167. The van der Waals surface area contributed by atoms with E-state index < -0.39 is 6.10 Å². The van der Waals surface area contributed by atoms with Gasteiger partial charge in [0.15, 0.2) is 6.10 Å². The predicted octanol–water partition coefficient (Wildman–Crippen LogP) is 17.9. The second-order valence-corrected chi connectivity index (χ2v) is 18.1. The van der Waals surface area contributed by atoms with Gasteiger partial charge in [0.2, 0.25) is 0 Å². The number of esters is 3. The molecule has 0 aliphatic rings. The van der Waals surface area contributed by atoms with Crippen LogP contribution in [0.5, 0.6) is 0 Å². The van der Waals surface area contributed by atoms with E-state index >= 15 is 0 Å². The zero-order valence-electron chi connectivity index (χ0n) is 41.8. The van der Waals surface area contributed by atoms with E-state index in [1.807, 2.05) is 0 Å². The molecular weight excluding hydrogens is 781 g/mol. The maximum Gasteiger partial charge on any atom is 0.306 e. The number of hydrogen-bond donors (Lipinski definition) is 0. The van der Waals surface area contributed by atoms with Crippen LogP contribution in [0.4, 0.5) is 0 Å². The Morgan fingerprint density at radius 1 is 0.333 bits per heavy atom. The summed E-state index contributed by atoms with van der Waals surface area (Å²) in [5, 5.41) is 0. The van der Waals surface area contributed by atoms with E-state index in [9.17, 15) is 14.4 Å². The lowest BCUT2D eigenvalue weighted by Crippen LogP contribution is -2.30. The summed E-state index contributed by atoms with van der Waals surface area (Å²) in [6.07, 6.45) is 62.6. The summed E-state index contributed by atoms with van der Waals surface area (Å²) in [5.41, 5.74) is 0. The minimum atomic E-state index is -0.788. The van der Waals surface area contributed by atoms with Crippen molar-refractivity contribution in [1.29, 1.82) is 0 Å². The largest absolute Gasteiger partial charge is 0.462 e. The van der Waals surface area contributed by atoms with Crippen LogP contribution in [0.15, 0.2) is 48.6 Å². The SMILES string of the molecule is CC/C=C\C/C=C\C/C=C\CCCCCC(=O)OC(COC(=O)CCCCCCC/C=C\CCC)COC(=O)CCCCCCCCCCCCCCCCCCCCCCCC. The Hall–Kier alpha value is -2.63. The molecule has 1 unspecified atom stereocenters. The highest BCUT2D eigenvalue weighted by atomic mass is 16.6. The van der Waals surface area contributed by atoms with Gasteiger partial charge in [-0.3, -0.25) is 14.4 Å². The van der Waals surface area contributed by atoms with E-state index in [0.717, 1.165) is 96.3 Å². The molecule has 6 heteroatoms. The van der Waals surface area contributed by atoms with Gasteiger partial charge in [0.25, 0.3) is 0 Å². The Morgan fingerprint density at radius 3 is 1.06 bits per heavy atom. The molecule has 0 heterocycles. The van der Waals surface area contributed by atoms with Crippen LogP contribution in [-0.2, 0) is 28.6 Å². The molecule has 0 saturated heterocycles. The fourth-order valence-electron chi connectivity index (χ4n) is 7.75. The molecule has 0 rings (SSSR count). The van der Waals surface area contributed by atoms with E-state index in [4.69, 9.17) is 14.2 Å². The number of hydrogen-bond acceptors (Lipinski definition) is 6. The van der Waals surface area contributed by atoms with Crippen molar-refractivity contribution in [2.45, 2.75) is 284 Å². The van der Waals surface area contributed by atoms with Gasteiger partial charge < -0.3 is 14.2 Å². The van der Waals surface area contributed by atoms with Gasteiger partial charge in [-0.2, -0.15) is 0 Å². The van der Waals surface area contributed by atoms with Crippen LogP contribution in [-0.4, -0.2) is 37.2 Å². The van der Waals surface area contributed by atoms with Gasteiger partial charge in [0.1, 0.15) is 13.2 Å². The van der Waals surface area contributed by atoms with Crippen LogP contribution >= 0.6 is 0 Å². The molecule has 0 aliphatic carbocycles. The zero-order valence-corrected chi connectivity index (χ0v) is 41.8. The smallest absolute Gasteiger partial charge is 0.306 e. The molecule has 0 radical (unpaired) electrons. The van der Waals surface area contributed by atoms with Crippen LogP contribution in [0.3, 0.4) is 0 Å². The number of carbonyl (C=O) groups is 3. The Labute approximate surface area is 390 Å². The topological polar surface area (TPSA) is 78.9 Å². The van der Waals surface area contributed by atoms with Crippen molar-refractivity contribution >= 4 is 17.9 Å².